The summed E-state index contributed by atoms with van der Waals surface area (Å²) in [6.07, 6.45) is 3.83. The van der Waals surface area contributed by atoms with Crippen molar-refractivity contribution in [1.82, 2.24) is 4.98 Å². The average molecular weight is 432 g/mol. The maximum Gasteiger partial charge on any atom is 0.339 e. The molecule has 2 heterocycles. The van der Waals surface area contributed by atoms with Gasteiger partial charge >= 0.3 is 5.97 Å². The van der Waals surface area contributed by atoms with E-state index in [2.05, 4.69) is 5.32 Å². The fraction of sp³-hybridized carbons (Fsp3) is 0.320. The largest absolute Gasteiger partial charge is 0.454 e. The van der Waals surface area contributed by atoms with Crippen molar-refractivity contribution in [3.63, 3.8) is 0 Å². The Labute approximate surface area is 185 Å². The number of fused-ring (bicyclic) bond motifs is 3. The molecule has 164 valence electrons. The number of aryl methyl sites for hydroxylation is 1. The zero-order valence-electron chi connectivity index (χ0n) is 17.8. The van der Waals surface area contributed by atoms with Gasteiger partial charge in [0.1, 0.15) is 0 Å². The number of pyridine rings is 1. The molecule has 0 fully saturated rings. The van der Waals surface area contributed by atoms with Crippen molar-refractivity contribution in [2.45, 2.75) is 45.1 Å². The predicted molar refractivity (Wildman–Crippen MR) is 119 cm³/mol. The zero-order chi connectivity index (χ0) is 22.1. The van der Waals surface area contributed by atoms with Gasteiger partial charge in [0.2, 0.25) is 6.79 Å². The molecule has 1 aromatic heterocycles. The molecule has 1 amide bonds. The lowest BCUT2D eigenvalue weighted by Gasteiger charge is -2.18. The van der Waals surface area contributed by atoms with Crippen molar-refractivity contribution in [1.29, 1.82) is 0 Å². The van der Waals surface area contributed by atoms with Gasteiger partial charge in [0.15, 0.2) is 17.6 Å². The number of rotatable bonds is 4. The molecule has 1 aliphatic carbocycles. The second-order valence-corrected chi connectivity index (χ2v) is 8.09. The van der Waals surface area contributed by atoms with Crippen molar-refractivity contribution in [3.05, 3.63) is 59.3 Å². The van der Waals surface area contributed by atoms with Crippen LogP contribution in [-0.4, -0.2) is 29.8 Å². The number of carbonyl (C=O) groups is 2. The molecule has 0 spiro atoms. The Hall–Kier alpha value is -3.61. The lowest BCUT2D eigenvalue weighted by Crippen LogP contribution is -2.30. The summed E-state index contributed by atoms with van der Waals surface area (Å²) >= 11 is 0. The molecule has 0 bridgehead atoms. The van der Waals surface area contributed by atoms with E-state index in [-0.39, 0.29) is 6.79 Å². The fourth-order valence-electron chi connectivity index (χ4n) is 4.27. The highest BCUT2D eigenvalue weighted by atomic mass is 16.7. The van der Waals surface area contributed by atoms with Crippen LogP contribution in [0, 0.1) is 0 Å². The van der Waals surface area contributed by atoms with E-state index in [1.807, 2.05) is 24.3 Å². The van der Waals surface area contributed by atoms with E-state index >= 15 is 0 Å². The second kappa shape index (κ2) is 8.49. The molecule has 0 saturated heterocycles. The molecule has 0 unspecified atom stereocenters. The first-order valence-electron chi connectivity index (χ1n) is 10.9. The molecule has 1 aliphatic heterocycles. The third-order valence-electron chi connectivity index (χ3n) is 5.92. The van der Waals surface area contributed by atoms with Crippen molar-refractivity contribution >= 4 is 28.5 Å². The number of amides is 1. The number of aromatic nitrogens is 1. The number of esters is 1. The summed E-state index contributed by atoms with van der Waals surface area (Å²) in [6.45, 7) is 1.73. The number of hydrogen-bond acceptors (Lipinski definition) is 6. The number of benzene rings is 2. The lowest BCUT2D eigenvalue weighted by molar-refractivity contribution is -0.123. The van der Waals surface area contributed by atoms with E-state index in [1.165, 1.54) is 0 Å². The molecule has 7 nitrogen and oxygen atoms in total. The second-order valence-electron chi connectivity index (χ2n) is 8.09. The minimum Gasteiger partial charge on any atom is -0.454 e. The van der Waals surface area contributed by atoms with Crippen LogP contribution < -0.4 is 14.8 Å². The highest BCUT2D eigenvalue weighted by molar-refractivity contribution is 6.06. The van der Waals surface area contributed by atoms with Crippen LogP contribution in [-0.2, 0) is 22.4 Å². The van der Waals surface area contributed by atoms with Crippen LogP contribution in [0.4, 0.5) is 5.69 Å². The normalized spacial score (nSPS) is 15.5. The Balaban J connectivity index is 1.38. The predicted octanol–water partition coefficient (Wildman–Crippen LogP) is 4.42. The van der Waals surface area contributed by atoms with Gasteiger partial charge in [-0.25, -0.2) is 4.79 Å². The van der Waals surface area contributed by atoms with Gasteiger partial charge in [0.25, 0.3) is 5.91 Å². The molecule has 32 heavy (non-hydrogen) atoms. The molecule has 7 heteroatoms. The highest BCUT2D eigenvalue weighted by Gasteiger charge is 2.26. The van der Waals surface area contributed by atoms with Crippen LogP contribution in [0.15, 0.2) is 42.5 Å². The molecular formula is C25H24N2O5. The van der Waals surface area contributed by atoms with Crippen molar-refractivity contribution < 1.29 is 23.8 Å². The maximum absolute atomic E-state index is 13.3. The molecule has 5 rings (SSSR count). The number of hydrogen-bond donors (Lipinski definition) is 1. The summed E-state index contributed by atoms with van der Waals surface area (Å²) in [5.41, 5.74) is 3.78. The van der Waals surface area contributed by atoms with Gasteiger partial charge in [-0.15, -0.1) is 0 Å². The van der Waals surface area contributed by atoms with Gasteiger partial charge in [-0.05, 0) is 56.4 Å². The average Bonchev–Trinajstić information content (AvgIpc) is 3.14. The Kier molecular flexibility index (Phi) is 5.39. The third-order valence-corrected chi connectivity index (χ3v) is 5.92. The van der Waals surface area contributed by atoms with Crippen LogP contribution in [0.5, 0.6) is 11.5 Å². The first-order valence-corrected chi connectivity index (χ1v) is 10.9. The quantitative estimate of drug-likeness (QED) is 0.485. The summed E-state index contributed by atoms with van der Waals surface area (Å²) < 4.78 is 16.3. The van der Waals surface area contributed by atoms with Gasteiger partial charge < -0.3 is 19.5 Å². The van der Waals surface area contributed by atoms with Crippen LogP contribution >= 0.6 is 0 Å². The van der Waals surface area contributed by atoms with E-state index in [0.717, 1.165) is 54.3 Å². The molecular weight excluding hydrogens is 408 g/mol. The summed E-state index contributed by atoms with van der Waals surface area (Å²) in [4.78, 5) is 30.8. The molecule has 1 N–H and O–H groups in total. The molecule has 3 aromatic rings. The van der Waals surface area contributed by atoms with E-state index in [9.17, 15) is 9.59 Å². The standard InChI is InChI=1S/C25H24N2O5/c1-15(24(28)26-16-11-12-21-22(13-16)31-14-30-21)32-25(29)23-17-7-3-2-4-9-19(17)27-20-10-6-5-8-18(20)23/h5-6,8,10-13,15H,2-4,7,9,14H2,1H3,(H,26,28)/t15-/m1/s1. The van der Waals surface area contributed by atoms with Crippen LogP contribution in [0.2, 0.25) is 0 Å². The zero-order valence-corrected chi connectivity index (χ0v) is 17.8. The smallest absolute Gasteiger partial charge is 0.339 e. The van der Waals surface area contributed by atoms with Gasteiger partial charge in [-0.3, -0.25) is 9.78 Å². The number of anilines is 1. The number of ether oxygens (including phenoxy) is 3. The van der Waals surface area contributed by atoms with Gasteiger partial charge in [-0.1, -0.05) is 24.6 Å². The molecule has 2 aliphatic rings. The van der Waals surface area contributed by atoms with Gasteiger partial charge in [0.05, 0.1) is 11.1 Å². The lowest BCUT2D eigenvalue weighted by atomic mass is 9.97. The summed E-state index contributed by atoms with van der Waals surface area (Å²) in [7, 11) is 0. The highest BCUT2D eigenvalue weighted by Crippen LogP contribution is 2.34. The van der Waals surface area contributed by atoms with Gasteiger partial charge in [0, 0.05) is 22.8 Å². The summed E-state index contributed by atoms with van der Waals surface area (Å²) in [6, 6.07) is 12.7. The fourth-order valence-corrected chi connectivity index (χ4v) is 4.27. The van der Waals surface area contributed by atoms with E-state index in [0.29, 0.717) is 22.7 Å². The third kappa shape index (κ3) is 3.86. The Bertz CT molecular complexity index is 1210. The number of carbonyl (C=O) groups excluding carboxylic acids is 2. The molecule has 0 radical (unpaired) electrons. The van der Waals surface area contributed by atoms with E-state index in [1.54, 1.807) is 25.1 Å². The summed E-state index contributed by atoms with van der Waals surface area (Å²) in [5.74, 6) is 0.294. The molecule has 0 saturated carbocycles. The number of nitrogens with one attached hydrogen (secondary N) is 1. The minimum atomic E-state index is -0.971. The monoisotopic (exact) mass is 432 g/mol. The van der Waals surface area contributed by atoms with Crippen molar-refractivity contribution in [2.24, 2.45) is 0 Å². The van der Waals surface area contributed by atoms with Crippen LogP contribution in [0.1, 0.15) is 47.8 Å². The minimum absolute atomic E-state index is 0.158. The molecule has 1 atom stereocenters. The first kappa shape index (κ1) is 20.3. The number of para-hydroxylation sites is 1. The SMILES string of the molecule is C[C@@H](OC(=O)c1c2c(nc3ccccc13)CCCCC2)C(=O)Nc1ccc2c(c1)OCO2. The Morgan fingerprint density at radius 2 is 1.84 bits per heavy atom. The first-order chi connectivity index (χ1) is 15.6. The topological polar surface area (TPSA) is 86.8 Å². The maximum atomic E-state index is 13.3. The molecule has 2 aromatic carbocycles. The van der Waals surface area contributed by atoms with E-state index < -0.39 is 18.0 Å². The van der Waals surface area contributed by atoms with Crippen molar-refractivity contribution in [3.8, 4) is 11.5 Å². The van der Waals surface area contributed by atoms with Crippen LogP contribution in [0.3, 0.4) is 0 Å². The Morgan fingerprint density at radius 3 is 2.75 bits per heavy atom. The van der Waals surface area contributed by atoms with E-state index in [4.69, 9.17) is 19.2 Å². The van der Waals surface area contributed by atoms with Crippen LogP contribution in [0.25, 0.3) is 10.9 Å². The van der Waals surface area contributed by atoms with Crippen molar-refractivity contribution in [2.75, 3.05) is 12.1 Å². The number of nitrogens with zero attached hydrogens (tertiary/aromatic N) is 1. The van der Waals surface area contributed by atoms with Gasteiger partial charge in [-0.2, -0.15) is 0 Å². The Morgan fingerprint density at radius 1 is 1.03 bits per heavy atom. The summed E-state index contributed by atoms with van der Waals surface area (Å²) in [5, 5.41) is 3.54.